The molecule has 0 aliphatic rings. The van der Waals surface area contributed by atoms with Crippen LogP contribution in [0.2, 0.25) is 0 Å². The molecule has 0 radical (unpaired) electrons. The van der Waals surface area contributed by atoms with Gasteiger partial charge in [0.15, 0.2) is 0 Å². The van der Waals surface area contributed by atoms with Crippen molar-refractivity contribution in [2.45, 2.75) is 20.6 Å². The molecule has 0 atom stereocenters. The first-order chi connectivity index (χ1) is 15.2. The van der Waals surface area contributed by atoms with Crippen molar-refractivity contribution < 1.29 is 16.8 Å². The highest BCUT2D eigenvalue weighted by molar-refractivity contribution is 6.23. The molecule has 0 spiro atoms. The number of rotatable bonds is 1. The zero-order valence-corrected chi connectivity index (χ0v) is 12.3. The van der Waals surface area contributed by atoms with E-state index in [0.29, 0.717) is 27.3 Å². The van der Waals surface area contributed by atoms with E-state index in [9.17, 15) is 0 Å². The third kappa shape index (κ3) is 1.72. The molecule has 0 saturated heterocycles. The third-order valence-corrected chi connectivity index (χ3v) is 4.28. The van der Waals surface area contributed by atoms with E-state index >= 15 is 0 Å². The van der Waals surface area contributed by atoms with Crippen molar-refractivity contribution in [3.05, 3.63) is 59.4 Å². The molecule has 0 amide bonds. The van der Waals surface area contributed by atoms with E-state index < -0.39 is 20.6 Å². The fourth-order valence-corrected chi connectivity index (χ4v) is 3.18. The molecule has 3 heteroatoms. The van der Waals surface area contributed by atoms with Crippen molar-refractivity contribution in [3.63, 3.8) is 0 Å². The minimum Gasteiger partial charge on any atom is -0.437 e. The van der Waals surface area contributed by atoms with Gasteiger partial charge in [0.2, 0.25) is 5.71 Å². The van der Waals surface area contributed by atoms with Crippen LogP contribution in [0, 0.1) is 20.6 Å². The minimum absolute atomic E-state index is 0.0939. The van der Waals surface area contributed by atoms with Gasteiger partial charge in [-0.25, -0.2) is 4.98 Å². The van der Waals surface area contributed by atoms with Crippen LogP contribution in [0.3, 0.4) is 0 Å². The fourth-order valence-electron chi connectivity index (χ4n) is 3.18. The molecule has 3 aromatic heterocycles. The van der Waals surface area contributed by atoms with Crippen LogP contribution in [0.5, 0.6) is 0 Å². The van der Waals surface area contributed by atoms with Crippen molar-refractivity contribution in [3.8, 4) is 11.3 Å². The van der Waals surface area contributed by atoms with Gasteiger partial charge >= 0.3 is 0 Å². The van der Waals surface area contributed by atoms with Crippen LogP contribution >= 0.6 is 0 Å². The van der Waals surface area contributed by atoms with E-state index in [0.717, 1.165) is 11.6 Å². The molecule has 3 nitrogen and oxygen atoms in total. The molecule has 0 aliphatic carbocycles. The van der Waals surface area contributed by atoms with Gasteiger partial charge in [0.1, 0.15) is 5.58 Å². The highest BCUT2D eigenvalue weighted by atomic mass is 16.3. The van der Waals surface area contributed by atoms with Gasteiger partial charge in [0.05, 0.1) is 11.1 Å². The molecule has 0 bridgehead atoms. The summed E-state index contributed by atoms with van der Waals surface area (Å²) in [6.45, 7) is -7.71. The Kier molecular flexibility index (Phi) is 1.38. The van der Waals surface area contributed by atoms with Crippen molar-refractivity contribution >= 4 is 32.8 Å². The number of benzene rings is 2. The first-order valence-electron chi connectivity index (χ1n) is 11.9. The molecule has 3 heterocycles. The molecule has 0 fully saturated rings. The SMILES string of the molecule is [2H]C([2H])([2H])c1cc2ccc3ccc(-c4cc(C([2H])([2H])[2H])c(C([2H])([2H])[2H])cn4)c4oc(n1)c2c34. The molecule has 24 heavy (non-hydrogen) atoms. The molecular formula is C21H16N2O. The highest BCUT2D eigenvalue weighted by Gasteiger charge is 2.18. The topological polar surface area (TPSA) is 38.9 Å². The smallest absolute Gasteiger partial charge is 0.228 e. The van der Waals surface area contributed by atoms with Crippen LogP contribution in [0.1, 0.15) is 29.2 Å². The minimum atomic E-state index is -2.66. The lowest BCUT2D eigenvalue weighted by molar-refractivity contribution is 0.654. The average molecular weight is 321 g/mol. The van der Waals surface area contributed by atoms with Crippen LogP contribution in [0.4, 0.5) is 0 Å². The molecule has 0 N–H and O–H groups in total. The molecule has 116 valence electrons. The van der Waals surface area contributed by atoms with E-state index in [2.05, 4.69) is 9.97 Å². The number of aromatic nitrogens is 2. The highest BCUT2D eigenvalue weighted by Crippen LogP contribution is 2.40. The Balaban J connectivity index is 1.82. The lowest BCUT2D eigenvalue weighted by Gasteiger charge is -2.07. The van der Waals surface area contributed by atoms with Gasteiger partial charge in [-0.2, -0.15) is 0 Å². The van der Waals surface area contributed by atoms with E-state index in [1.807, 2.05) is 12.1 Å². The van der Waals surface area contributed by atoms with Crippen LogP contribution in [0.15, 0.2) is 47.0 Å². The maximum absolute atomic E-state index is 7.82. The van der Waals surface area contributed by atoms with Crippen molar-refractivity contribution in [2.24, 2.45) is 0 Å². The lowest BCUT2D eigenvalue weighted by Crippen LogP contribution is -1.89. The maximum atomic E-state index is 7.82. The number of nitrogens with zero attached hydrogens (tertiary/aromatic N) is 2. The van der Waals surface area contributed by atoms with Gasteiger partial charge in [0.25, 0.3) is 0 Å². The number of furan rings is 1. The van der Waals surface area contributed by atoms with Gasteiger partial charge < -0.3 is 4.42 Å². The Morgan fingerprint density at radius 3 is 2.67 bits per heavy atom. The molecule has 2 aromatic carbocycles. The quantitative estimate of drug-likeness (QED) is 0.379. The predicted octanol–water partition coefficient (Wildman–Crippen LogP) is 5.56. The normalized spacial score (nSPS) is 19.1. The molecular weight excluding hydrogens is 296 g/mol. The number of hydrogen-bond acceptors (Lipinski definition) is 3. The Labute approximate surface area is 151 Å². The first kappa shape index (κ1) is 7.31. The summed E-state index contributed by atoms with van der Waals surface area (Å²) >= 11 is 0. The van der Waals surface area contributed by atoms with Crippen molar-refractivity contribution in [1.82, 2.24) is 9.97 Å². The van der Waals surface area contributed by atoms with E-state index in [1.165, 1.54) is 12.1 Å². The number of aryl methyl sites for hydroxylation is 3. The van der Waals surface area contributed by atoms with Crippen LogP contribution in [-0.2, 0) is 0 Å². The zero-order valence-electron chi connectivity index (χ0n) is 21.3. The summed E-state index contributed by atoms with van der Waals surface area (Å²) in [6, 6.07) is 9.92. The predicted molar refractivity (Wildman–Crippen MR) is 97.6 cm³/mol. The van der Waals surface area contributed by atoms with Crippen LogP contribution in [-0.4, -0.2) is 9.97 Å². The van der Waals surface area contributed by atoms with E-state index in [4.69, 9.17) is 16.8 Å². The molecule has 0 saturated carbocycles. The number of hydrogen-bond donors (Lipinski definition) is 0. The summed E-state index contributed by atoms with van der Waals surface area (Å²) in [5, 5.41) is 2.86. The second kappa shape index (κ2) is 4.54. The summed E-state index contributed by atoms with van der Waals surface area (Å²) in [7, 11) is 0. The Hall–Kier alpha value is -2.94. The van der Waals surface area contributed by atoms with Gasteiger partial charge in [-0.1, -0.05) is 18.2 Å². The average Bonchev–Trinajstić information content (AvgIpc) is 3.10. The second-order valence-electron chi connectivity index (χ2n) is 5.73. The summed E-state index contributed by atoms with van der Waals surface area (Å²) in [6.07, 6.45) is 1.06. The lowest BCUT2D eigenvalue weighted by atomic mass is 9.99. The van der Waals surface area contributed by atoms with Gasteiger partial charge in [0, 0.05) is 35.2 Å². The second-order valence-corrected chi connectivity index (χ2v) is 5.73. The summed E-state index contributed by atoms with van der Waals surface area (Å²) in [5.41, 5.74) is 0.465. The van der Waals surface area contributed by atoms with Crippen molar-refractivity contribution in [1.29, 1.82) is 0 Å². The first-order valence-corrected chi connectivity index (χ1v) is 7.35. The summed E-state index contributed by atoms with van der Waals surface area (Å²) in [4.78, 5) is 8.45. The van der Waals surface area contributed by atoms with Gasteiger partial charge in [-0.3, -0.25) is 4.98 Å². The standard InChI is InChI=1S/C21H16N2O/c1-11-8-17(22-10-12(11)2)16-7-6-14-4-5-15-9-13(3)23-21-19(15)18(14)20(16)24-21/h4-10H,1-3H3/i1D3,2D3,3D3. The van der Waals surface area contributed by atoms with Crippen molar-refractivity contribution in [2.75, 3.05) is 0 Å². The number of pyridine rings is 2. The Morgan fingerprint density at radius 2 is 1.79 bits per heavy atom. The van der Waals surface area contributed by atoms with Gasteiger partial charge in [-0.15, -0.1) is 0 Å². The molecule has 0 unspecified atom stereocenters. The van der Waals surface area contributed by atoms with Crippen LogP contribution < -0.4 is 0 Å². The maximum Gasteiger partial charge on any atom is 0.228 e. The molecule has 5 aromatic rings. The Bertz CT molecular complexity index is 1530. The fraction of sp³-hybridized carbons (Fsp3) is 0.143. The van der Waals surface area contributed by atoms with Crippen LogP contribution in [0.25, 0.3) is 44.1 Å². The third-order valence-electron chi connectivity index (χ3n) is 4.28. The Morgan fingerprint density at radius 1 is 0.917 bits per heavy atom. The largest absolute Gasteiger partial charge is 0.437 e. The molecule has 0 aliphatic heterocycles. The monoisotopic (exact) mass is 321 g/mol. The summed E-state index contributed by atoms with van der Waals surface area (Å²) in [5.74, 6) is 0. The zero-order chi connectivity index (χ0) is 23.9. The molecule has 5 rings (SSSR count). The van der Waals surface area contributed by atoms with E-state index in [-0.39, 0.29) is 28.2 Å². The van der Waals surface area contributed by atoms with E-state index in [1.54, 1.807) is 12.1 Å². The van der Waals surface area contributed by atoms with Gasteiger partial charge in [-0.05, 0) is 60.7 Å². The summed E-state index contributed by atoms with van der Waals surface area (Å²) < 4.78 is 75.5.